The van der Waals surface area contributed by atoms with E-state index in [1.807, 2.05) is 42.5 Å². The highest BCUT2D eigenvalue weighted by Crippen LogP contribution is 2.22. The van der Waals surface area contributed by atoms with Crippen molar-refractivity contribution in [1.29, 1.82) is 0 Å². The van der Waals surface area contributed by atoms with Gasteiger partial charge in [0, 0.05) is 5.39 Å². The molecular formula is C15H11NO2S. The van der Waals surface area contributed by atoms with E-state index in [0.717, 1.165) is 17.2 Å². The van der Waals surface area contributed by atoms with E-state index in [0.29, 0.717) is 10.6 Å². The van der Waals surface area contributed by atoms with E-state index in [1.165, 1.54) is 0 Å². The Morgan fingerprint density at radius 3 is 2.37 bits per heavy atom. The Morgan fingerprint density at radius 1 is 0.947 bits per heavy atom. The summed E-state index contributed by atoms with van der Waals surface area (Å²) in [4.78, 5) is 11.9. The Kier molecular flexibility index (Phi) is 3.01. The molecule has 4 heteroatoms. The summed E-state index contributed by atoms with van der Waals surface area (Å²) in [6.07, 6.45) is 0.737. The first-order valence-electron chi connectivity index (χ1n) is 5.84. The fourth-order valence-corrected chi connectivity index (χ4v) is 3.29. The van der Waals surface area contributed by atoms with E-state index >= 15 is 0 Å². The predicted molar refractivity (Wildman–Crippen MR) is 75.6 cm³/mol. The van der Waals surface area contributed by atoms with Crippen LogP contribution < -0.4 is 0 Å². The number of hydrogen-bond donors (Lipinski definition) is 0. The molecule has 3 rings (SSSR count). The molecule has 19 heavy (non-hydrogen) atoms. The van der Waals surface area contributed by atoms with Gasteiger partial charge in [0.05, 0.1) is 16.1 Å². The minimum Gasteiger partial charge on any atom is -0.296 e. The Hall–Kier alpha value is -2.20. The molecule has 0 bridgehead atoms. The van der Waals surface area contributed by atoms with Gasteiger partial charge in [-0.2, -0.15) is 0 Å². The third-order valence-corrected chi connectivity index (χ3v) is 4.34. The smallest absolute Gasteiger partial charge is 0.167 e. The van der Waals surface area contributed by atoms with Gasteiger partial charge in [-0.3, -0.25) is 8.77 Å². The van der Waals surface area contributed by atoms with Gasteiger partial charge in [-0.25, -0.2) is 4.21 Å². The zero-order chi connectivity index (χ0) is 13.2. The molecule has 0 radical (unpaired) electrons. The van der Waals surface area contributed by atoms with Crippen molar-refractivity contribution in [2.75, 3.05) is 0 Å². The topological polar surface area (TPSA) is 39.1 Å². The maximum absolute atomic E-state index is 12.6. The normalized spacial score (nSPS) is 12.4. The summed E-state index contributed by atoms with van der Waals surface area (Å²) in [6, 6.07) is 18.4. The van der Waals surface area contributed by atoms with Crippen molar-refractivity contribution in [1.82, 2.24) is 3.97 Å². The lowest BCUT2D eigenvalue weighted by Crippen LogP contribution is -2.07. The van der Waals surface area contributed by atoms with E-state index in [9.17, 15) is 9.00 Å². The van der Waals surface area contributed by atoms with E-state index in [-0.39, 0.29) is 0 Å². The average molecular weight is 269 g/mol. The SMILES string of the molecule is O=Cc1cc2ccccc2n1S(=O)c1ccccc1. The van der Waals surface area contributed by atoms with Crippen LogP contribution in [0.1, 0.15) is 10.5 Å². The average Bonchev–Trinajstić information content (AvgIpc) is 2.86. The molecule has 0 fully saturated rings. The summed E-state index contributed by atoms with van der Waals surface area (Å²) in [5.74, 6) is 0. The molecule has 0 aliphatic carbocycles. The number of carbonyl (C=O) groups excluding carboxylic acids is 1. The first-order chi connectivity index (χ1) is 9.31. The predicted octanol–water partition coefficient (Wildman–Crippen LogP) is 3.02. The highest BCUT2D eigenvalue weighted by Gasteiger charge is 2.14. The monoisotopic (exact) mass is 269 g/mol. The number of fused-ring (bicyclic) bond motifs is 1. The molecule has 0 aliphatic rings. The number of para-hydroxylation sites is 1. The fraction of sp³-hybridized carbons (Fsp3) is 0. The Morgan fingerprint density at radius 2 is 1.63 bits per heavy atom. The second kappa shape index (κ2) is 4.82. The van der Waals surface area contributed by atoms with Gasteiger partial charge in [-0.15, -0.1) is 0 Å². The number of benzene rings is 2. The molecule has 1 aromatic heterocycles. The van der Waals surface area contributed by atoms with E-state index < -0.39 is 11.0 Å². The number of carbonyl (C=O) groups is 1. The maximum atomic E-state index is 12.6. The molecule has 1 heterocycles. The van der Waals surface area contributed by atoms with Gasteiger partial charge < -0.3 is 0 Å². The van der Waals surface area contributed by atoms with Crippen LogP contribution in [0.2, 0.25) is 0 Å². The van der Waals surface area contributed by atoms with Crippen molar-refractivity contribution in [2.45, 2.75) is 4.90 Å². The van der Waals surface area contributed by atoms with Crippen LogP contribution in [0.4, 0.5) is 0 Å². The second-order valence-corrected chi connectivity index (χ2v) is 5.44. The Balaban J connectivity index is 2.24. The molecule has 0 spiro atoms. The van der Waals surface area contributed by atoms with Crippen molar-refractivity contribution in [3.05, 3.63) is 66.4 Å². The summed E-state index contributed by atoms with van der Waals surface area (Å²) in [5, 5.41) is 0.911. The van der Waals surface area contributed by atoms with Crippen LogP contribution in [0.3, 0.4) is 0 Å². The third-order valence-electron chi connectivity index (χ3n) is 2.92. The van der Waals surface area contributed by atoms with Crippen LogP contribution in [-0.4, -0.2) is 14.5 Å². The van der Waals surface area contributed by atoms with E-state index in [4.69, 9.17) is 0 Å². The highest BCUT2D eigenvalue weighted by molar-refractivity contribution is 7.83. The van der Waals surface area contributed by atoms with E-state index in [2.05, 4.69) is 0 Å². The standard InChI is InChI=1S/C15H11NO2S/c17-11-13-10-12-6-4-5-9-15(12)16(13)19(18)14-7-2-1-3-8-14/h1-11H. The number of aldehydes is 1. The molecule has 3 nitrogen and oxygen atoms in total. The van der Waals surface area contributed by atoms with Gasteiger partial charge in [0.1, 0.15) is 0 Å². The largest absolute Gasteiger partial charge is 0.296 e. The van der Waals surface area contributed by atoms with Gasteiger partial charge in [-0.05, 0) is 24.3 Å². The second-order valence-electron chi connectivity index (χ2n) is 4.10. The lowest BCUT2D eigenvalue weighted by atomic mass is 10.2. The zero-order valence-corrected chi connectivity index (χ0v) is 10.8. The van der Waals surface area contributed by atoms with E-state index in [1.54, 1.807) is 22.2 Å². The van der Waals surface area contributed by atoms with Crippen LogP contribution in [0.5, 0.6) is 0 Å². The quantitative estimate of drug-likeness (QED) is 0.686. The molecule has 3 aromatic rings. The van der Waals surface area contributed by atoms with Crippen LogP contribution in [0.25, 0.3) is 10.9 Å². The molecule has 0 saturated heterocycles. The summed E-state index contributed by atoms with van der Waals surface area (Å²) >= 11 is 0. The minimum atomic E-state index is -1.42. The van der Waals surface area contributed by atoms with Gasteiger partial charge in [0.2, 0.25) is 0 Å². The number of hydrogen-bond acceptors (Lipinski definition) is 2. The molecule has 0 saturated carbocycles. The van der Waals surface area contributed by atoms with Crippen molar-refractivity contribution in [3.8, 4) is 0 Å². The number of nitrogens with zero attached hydrogens (tertiary/aromatic N) is 1. The van der Waals surface area contributed by atoms with Crippen LogP contribution >= 0.6 is 0 Å². The Bertz CT molecular complexity index is 762. The first kappa shape index (κ1) is 11.9. The van der Waals surface area contributed by atoms with Crippen LogP contribution in [0, 0.1) is 0 Å². The molecule has 1 atom stereocenters. The lowest BCUT2D eigenvalue weighted by Gasteiger charge is -2.06. The summed E-state index contributed by atoms with van der Waals surface area (Å²) in [5.41, 5.74) is 1.22. The summed E-state index contributed by atoms with van der Waals surface area (Å²) < 4.78 is 14.2. The number of aromatic nitrogens is 1. The fourth-order valence-electron chi connectivity index (χ4n) is 2.06. The molecular weight excluding hydrogens is 258 g/mol. The molecule has 1 unspecified atom stereocenters. The minimum absolute atomic E-state index is 0.420. The van der Waals surface area contributed by atoms with Crippen molar-refractivity contribution in [2.24, 2.45) is 0 Å². The van der Waals surface area contributed by atoms with Crippen LogP contribution in [0.15, 0.2) is 65.6 Å². The van der Waals surface area contributed by atoms with Crippen molar-refractivity contribution >= 4 is 28.2 Å². The molecule has 94 valence electrons. The van der Waals surface area contributed by atoms with Gasteiger partial charge >= 0.3 is 0 Å². The Labute approximate surface area is 113 Å². The number of rotatable bonds is 3. The van der Waals surface area contributed by atoms with Gasteiger partial charge in [-0.1, -0.05) is 36.4 Å². The zero-order valence-electron chi connectivity index (χ0n) is 10.0. The van der Waals surface area contributed by atoms with Crippen molar-refractivity contribution < 1.29 is 9.00 Å². The molecule has 0 amide bonds. The van der Waals surface area contributed by atoms with Gasteiger partial charge in [0.25, 0.3) is 0 Å². The molecule has 0 N–H and O–H groups in total. The van der Waals surface area contributed by atoms with Crippen molar-refractivity contribution in [3.63, 3.8) is 0 Å². The first-order valence-corrected chi connectivity index (χ1v) is 6.95. The van der Waals surface area contributed by atoms with Gasteiger partial charge in [0.15, 0.2) is 17.3 Å². The molecule has 2 aromatic carbocycles. The maximum Gasteiger partial charge on any atom is 0.167 e. The summed E-state index contributed by atoms with van der Waals surface area (Å²) in [7, 11) is -1.42. The lowest BCUT2D eigenvalue weighted by molar-refractivity contribution is 0.111. The third kappa shape index (κ3) is 2.00. The molecule has 0 aliphatic heterocycles. The highest BCUT2D eigenvalue weighted by atomic mass is 32.2. The summed E-state index contributed by atoms with van der Waals surface area (Å²) in [6.45, 7) is 0. The van der Waals surface area contributed by atoms with Crippen LogP contribution in [-0.2, 0) is 11.0 Å².